The molecule has 0 bridgehead atoms. The zero-order valence-corrected chi connectivity index (χ0v) is 12.5. The van der Waals surface area contributed by atoms with Crippen LogP contribution in [0.15, 0.2) is 47.1 Å². The van der Waals surface area contributed by atoms with Gasteiger partial charge in [-0.05, 0) is 11.6 Å². The molecule has 2 heterocycles. The molecular weight excluding hydrogens is 280 g/mol. The largest absolute Gasteiger partial charge is 0.459 e. The van der Waals surface area contributed by atoms with Crippen molar-refractivity contribution in [2.75, 3.05) is 39.4 Å². The lowest BCUT2D eigenvalue weighted by atomic mass is 10.1. The Labute approximate surface area is 129 Å². The zero-order valence-electron chi connectivity index (χ0n) is 12.5. The Bertz CT molecular complexity index is 603. The van der Waals surface area contributed by atoms with Crippen LogP contribution in [0.4, 0.5) is 0 Å². The molecule has 3 rings (SSSR count). The van der Waals surface area contributed by atoms with E-state index < -0.39 is 0 Å². The van der Waals surface area contributed by atoms with E-state index in [0.717, 1.165) is 44.0 Å². The smallest absolute Gasteiger partial charge is 0.287 e. The Kier molecular flexibility index (Phi) is 4.88. The number of rotatable bonds is 5. The van der Waals surface area contributed by atoms with Crippen molar-refractivity contribution in [1.82, 2.24) is 10.2 Å². The van der Waals surface area contributed by atoms with Crippen LogP contribution in [0, 0.1) is 0 Å². The van der Waals surface area contributed by atoms with Gasteiger partial charge in [0.1, 0.15) is 0 Å². The van der Waals surface area contributed by atoms with Crippen LogP contribution >= 0.6 is 0 Å². The average Bonchev–Trinajstić information content (AvgIpc) is 3.07. The van der Waals surface area contributed by atoms with Crippen molar-refractivity contribution in [2.45, 2.75) is 0 Å². The lowest BCUT2D eigenvalue weighted by molar-refractivity contribution is 0.0382. The molecular formula is C17H20N2O3. The first-order chi connectivity index (χ1) is 10.8. The van der Waals surface area contributed by atoms with Gasteiger partial charge < -0.3 is 14.5 Å². The van der Waals surface area contributed by atoms with Crippen molar-refractivity contribution in [3.05, 3.63) is 48.4 Å². The maximum atomic E-state index is 12.1. The van der Waals surface area contributed by atoms with Crippen LogP contribution in [0.1, 0.15) is 10.6 Å². The number of benzene rings is 1. The summed E-state index contributed by atoms with van der Waals surface area (Å²) in [5.74, 6) is 0.177. The van der Waals surface area contributed by atoms with E-state index in [1.165, 1.54) is 0 Å². The summed E-state index contributed by atoms with van der Waals surface area (Å²) in [6, 6.07) is 11.6. The molecule has 1 aromatic carbocycles. The molecule has 1 fully saturated rings. The SMILES string of the molecule is O=C(NCCN1CCOCC1)c1cc(-c2ccccc2)co1. The van der Waals surface area contributed by atoms with Gasteiger partial charge in [0, 0.05) is 31.7 Å². The van der Waals surface area contributed by atoms with Gasteiger partial charge in [0.15, 0.2) is 5.76 Å². The molecule has 116 valence electrons. The lowest BCUT2D eigenvalue weighted by Crippen LogP contribution is -2.41. The predicted molar refractivity (Wildman–Crippen MR) is 83.7 cm³/mol. The number of carbonyl (C=O) groups is 1. The summed E-state index contributed by atoms with van der Waals surface area (Å²) >= 11 is 0. The molecule has 1 aromatic heterocycles. The summed E-state index contributed by atoms with van der Waals surface area (Å²) in [5.41, 5.74) is 1.96. The third-order valence-corrected chi connectivity index (χ3v) is 3.75. The summed E-state index contributed by atoms with van der Waals surface area (Å²) in [6.45, 7) is 4.84. The number of furan rings is 1. The number of nitrogens with one attached hydrogen (secondary N) is 1. The normalized spacial score (nSPS) is 15.6. The van der Waals surface area contributed by atoms with Crippen molar-refractivity contribution >= 4 is 5.91 Å². The van der Waals surface area contributed by atoms with Gasteiger partial charge >= 0.3 is 0 Å². The molecule has 5 nitrogen and oxygen atoms in total. The van der Waals surface area contributed by atoms with Crippen molar-refractivity contribution in [1.29, 1.82) is 0 Å². The minimum Gasteiger partial charge on any atom is -0.459 e. The van der Waals surface area contributed by atoms with E-state index >= 15 is 0 Å². The number of morpholine rings is 1. The molecule has 1 saturated heterocycles. The van der Waals surface area contributed by atoms with Gasteiger partial charge in [-0.25, -0.2) is 0 Å². The average molecular weight is 300 g/mol. The number of amides is 1. The van der Waals surface area contributed by atoms with Crippen molar-refractivity contribution in [3.63, 3.8) is 0 Å². The highest BCUT2D eigenvalue weighted by molar-refractivity contribution is 5.92. The molecule has 22 heavy (non-hydrogen) atoms. The molecule has 2 aromatic rings. The Morgan fingerprint density at radius 1 is 1.14 bits per heavy atom. The van der Waals surface area contributed by atoms with Crippen LogP contribution in [-0.4, -0.2) is 50.2 Å². The number of hydrogen-bond donors (Lipinski definition) is 1. The quantitative estimate of drug-likeness (QED) is 0.918. The summed E-state index contributed by atoms with van der Waals surface area (Å²) < 4.78 is 10.7. The van der Waals surface area contributed by atoms with Gasteiger partial charge in [-0.2, -0.15) is 0 Å². The van der Waals surface area contributed by atoms with E-state index in [4.69, 9.17) is 9.15 Å². The van der Waals surface area contributed by atoms with E-state index in [1.807, 2.05) is 30.3 Å². The second-order valence-corrected chi connectivity index (χ2v) is 5.28. The van der Waals surface area contributed by atoms with Crippen molar-refractivity contribution < 1.29 is 13.9 Å². The third-order valence-electron chi connectivity index (χ3n) is 3.75. The number of nitrogens with zero attached hydrogens (tertiary/aromatic N) is 1. The standard InChI is InChI=1S/C17H20N2O3/c20-17(18-6-7-19-8-10-21-11-9-19)16-12-15(13-22-16)14-4-2-1-3-5-14/h1-5,12-13H,6-11H2,(H,18,20). The molecule has 1 aliphatic heterocycles. The monoisotopic (exact) mass is 300 g/mol. The fourth-order valence-corrected chi connectivity index (χ4v) is 2.48. The molecule has 0 saturated carbocycles. The van der Waals surface area contributed by atoms with Gasteiger partial charge in [-0.3, -0.25) is 9.69 Å². The first-order valence-electron chi connectivity index (χ1n) is 7.55. The van der Waals surface area contributed by atoms with Crippen LogP contribution in [0.2, 0.25) is 0 Å². The van der Waals surface area contributed by atoms with Crippen LogP contribution < -0.4 is 5.32 Å². The van der Waals surface area contributed by atoms with E-state index in [1.54, 1.807) is 12.3 Å². The maximum absolute atomic E-state index is 12.1. The molecule has 0 radical (unpaired) electrons. The molecule has 1 amide bonds. The highest BCUT2D eigenvalue weighted by Gasteiger charge is 2.13. The number of ether oxygens (including phenoxy) is 1. The maximum Gasteiger partial charge on any atom is 0.287 e. The van der Waals surface area contributed by atoms with Gasteiger partial charge in [0.05, 0.1) is 19.5 Å². The van der Waals surface area contributed by atoms with Crippen LogP contribution in [0.25, 0.3) is 11.1 Å². The van der Waals surface area contributed by atoms with Crippen molar-refractivity contribution in [2.24, 2.45) is 0 Å². The summed E-state index contributed by atoms with van der Waals surface area (Å²) in [7, 11) is 0. The van der Waals surface area contributed by atoms with Crippen LogP contribution in [0.3, 0.4) is 0 Å². The highest BCUT2D eigenvalue weighted by Crippen LogP contribution is 2.21. The van der Waals surface area contributed by atoms with E-state index in [-0.39, 0.29) is 5.91 Å². The Balaban J connectivity index is 1.51. The van der Waals surface area contributed by atoms with Gasteiger partial charge in [-0.1, -0.05) is 30.3 Å². The Morgan fingerprint density at radius 3 is 2.68 bits per heavy atom. The summed E-state index contributed by atoms with van der Waals surface area (Å²) in [4.78, 5) is 14.4. The molecule has 0 unspecified atom stereocenters. The molecule has 0 aliphatic carbocycles. The minimum absolute atomic E-state index is 0.171. The van der Waals surface area contributed by atoms with Gasteiger partial charge in [-0.15, -0.1) is 0 Å². The zero-order chi connectivity index (χ0) is 15.2. The molecule has 5 heteroatoms. The highest BCUT2D eigenvalue weighted by atomic mass is 16.5. The van der Waals surface area contributed by atoms with E-state index in [0.29, 0.717) is 12.3 Å². The predicted octanol–water partition coefficient (Wildman–Crippen LogP) is 2.01. The molecule has 1 N–H and O–H groups in total. The van der Waals surface area contributed by atoms with Crippen LogP contribution in [-0.2, 0) is 4.74 Å². The first kappa shape index (κ1) is 14.8. The Hall–Kier alpha value is -2.11. The van der Waals surface area contributed by atoms with E-state index in [9.17, 15) is 4.79 Å². The topological polar surface area (TPSA) is 54.7 Å². The molecule has 0 spiro atoms. The fraction of sp³-hybridized carbons (Fsp3) is 0.353. The first-order valence-corrected chi connectivity index (χ1v) is 7.55. The van der Waals surface area contributed by atoms with Gasteiger partial charge in [0.2, 0.25) is 0 Å². The van der Waals surface area contributed by atoms with Gasteiger partial charge in [0.25, 0.3) is 5.91 Å². The third kappa shape index (κ3) is 3.75. The fourth-order valence-electron chi connectivity index (χ4n) is 2.48. The van der Waals surface area contributed by atoms with Crippen molar-refractivity contribution in [3.8, 4) is 11.1 Å². The van der Waals surface area contributed by atoms with Crippen LogP contribution in [0.5, 0.6) is 0 Å². The Morgan fingerprint density at radius 2 is 1.91 bits per heavy atom. The summed E-state index contributed by atoms with van der Waals surface area (Å²) in [6.07, 6.45) is 1.62. The molecule has 1 aliphatic rings. The lowest BCUT2D eigenvalue weighted by Gasteiger charge is -2.26. The number of hydrogen-bond acceptors (Lipinski definition) is 4. The molecule has 0 atom stereocenters. The van der Waals surface area contributed by atoms with E-state index in [2.05, 4.69) is 10.2 Å². The number of carbonyl (C=O) groups excluding carboxylic acids is 1. The second kappa shape index (κ2) is 7.24. The minimum atomic E-state index is -0.171. The second-order valence-electron chi connectivity index (χ2n) is 5.28. The summed E-state index contributed by atoms with van der Waals surface area (Å²) in [5, 5.41) is 2.90.